The van der Waals surface area contributed by atoms with Gasteiger partial charge in [-0.25, -0.2) is 0 Å². The number of hydrogen-bond donors (Lipinski definition) is 4. The summed E-state index contributed by atoms with van der Waals surface area (Å²) in [6.07, 6.45) is 4.43. The minimum Gasteiger partial charge on any atom is -0.360 e. The van der Waals surface area contributed by atoms with Crippen molar-refractivity contribution in [3.63, 3.8) is 0 Å². The number of aromatic nitrogens is 1. The first-order valence-corrected chi connectivity index (χ1v) is 8.92. The maximum Gasteiger partial charge on any atom is 0.292 e. The summed E-state index contributed by atoms with van der Waals surface area (Å²) in [5.74, 6) is -1.08. The molecule has 0 aliphatic carbocycles. The molecule has 0 radical (unpaired) electrons. The molecule has 5 N–H and O–H groups in total. The third-order valence-corrected chi connectivity index (χ3v) is 4.21. The maximum atomic E-state index is 12.3. The zero-order chi connectivity index (χ0) is 17.4. The van der Waals surface area contributed by atoms with Gasteiger partial charge in [0, 0.05) is 28.1 Å². The molecule has 0 spiro atoms. The van der Waals surface area contributed by atoms with Crippen molar-refractivity contribution < 1.29 is 9.59 Å². The number of unbranched alkanes of at least 4 members (excludes halogenated alkanes) is 1. The molecule has 6 nitrogen and oxygen atoms in total. The summed E-state index contributed by atoms with van der Waals surface area (Å²) >= 11 is 3.38. The van der Waals surface area contributed by atoms with Crippen molar-refractivity contribution in [2.24, 2.45) is 5.73 Å². The molecule has 7 heteroatoms. The molecule has 24 heavy (non-hydrogen) atoms. The van der Waals surface area contributed by atoms with Crippen molar-refractivity contribution in [3.05, 3.63) is 34.4 Å². The Balaban J connectivity index is 1.77. The molecule has 0 unspecified atom stereocenters. The van der Waals surface area contributed by atoms with Gasteiger partial charge in [0.2, 0.25) is 0 Å². The Bertz CT molecular complexity index is 699. The quantitative estimate of drug-likeness (QED) is 0.281. The topological polar surface area (TPSA) is 100 Å². The Morgan fingerprint density at radius 1 is 1.12 bits per heavy atom. The monoisotopic (exact) mass is 394 g/mol. The van der Waals surface area contributed by atoms with Crippen LogP contribution in [0.4, 0.5) is 0 Å². The van der Waals surface area contributed by atoms with Gasteiger partial charge in [0.05, 0.1) is 5.56 Å². The van der Waals surface area contributed by atoms with Crippen LogP contribution in [-0.4, -0.2) is 42.9 Å². The summed E-state index contributed by atoms with van der Waals surface area (Å²) < 4.78 is 0.916. The Morgan fingerprint density at radius 3 is 2.71 bits per heavy atom. The number of hydrogen-bond acceptors (Lipinski definition) is 4. The number of rotatable bonds is 10. The number of halogens is 1. The number of carbonyl (C=O) groups is 2. The molecule has 2 aromatic rings. The van der Waals surface area contributed by atoms with Crippen molar-refractivity contribution >= 4 is 38.5 Å². The highest BCUT2D eigenvalue weighted by Crippen LogP contribution is 2.22. The lowest BCUT2D eigenvalue weighted by atomic mass is 10.1. The normalized spacial score (nSPS) is 10.9. The van der Waals surface area contributed by atoms with Gasteiger partial charge in [-0.05, 0) is 51.0 Å². The summed E-state index contributed by atoms with van der Waals surface area (Å²) in [5, 5.41) is 6.71. The van der Waals surface area contributed by atoms with Crippen LogP contribution < -0.4 is 16.4 Å². The molecule has 1 aromatic heterocycles. The van der Waals surface area contributed by atoms with Crippen LogP contribution in [0.15, 0.2) is 28.9 Å². The van der Waals surface area contributed by atoms with Gasteiger partial charge < -0.3 is 21.4 Å². The Morgan fingerprint density at radius 2 is 1.92 bits per heavy atom. The molecule has 0 fully saturated rings. The van der Waals surface area contributed by atoms with Gasteiger partial charge in [0.15, 0.2) is 0 Å². The van der Waals surface area contributed by atoms with E-state index < -0.39 is 11.7 Å². The molecule has 130 valence electrons. The highest BCUT2D eigenvalue weighted by atomic mass is 79.9. The number of benzene rings is 1. The fourth-order valence-corrected chi connectivity index (χ4v) is 2.78. The molecule has 0 saturated heterocycles. The van der Waals surface area contributed by atoms with Gasteiger partial charge in [0.25, 0.3) is 11.7 Å². The van der Waals surface area contributed by atoms with E-state index in [0.29, 0.717) is 18.7 Å². The summed E-state index contributed by atoms with van der Waals surface area (Å²) in [4.78, 5) is 27.3. The number of fused-ring (bicyclic) bond motifs is 1. The molecule has 0 aliphatic heterocycles. The second kappa shape index (κ2) is 9.56. The van der Waals surface area contributed by atoms with Crippen LogP contribution in [0, 0.1) is 0 Å². The summed E-state index contributed by atoms with van der Waals surface area (Å²) in [6, 6.07) is 5.54. The number of ketones is 1. The molecule has 1 heterocycles. The number of carbonyl (C=O) groups excluding carboxylic acids is 2. The first kappa shape index (κ1) is 18.6. The largest absolute Gasteiger partial charge is 0.360 e. The minimum atomic E-state index is -0.568. The molecule has 0 aliphatic rings. The number of nitrogens with one attached hydrogen (secondary N) is 3. The average molecular weight is 395 g/mol. The van der Waals surface area contributed by atoms with E-state index in [0.717, 1.165) is 47.7 Å². The molecule has 0 saturated carbocycles. The number of Topliss-reactive ketones (excluding diaryl/α,β-unsaturated/α-hetero) is 1. The molecule has 0 bridgehead atoms. The predicted octanol–water partition coefficient (Wildman–Crippen LogP) is 1.95. The van der Waals surface area contributed by atoms with E-state index in [-0.39, 0.29) is 0 Å². The predicted molar refractivity (Wildman–Crippen MR) is 99.1 cm³/mol. The standard InChI is InChI=1S/C17H23BrN4O2/c18-12-4-5-13-14(11-22-15(13)10-12)16(23)17(24)21-9-3-8-20-7-2-1-6-19/h4-5,10-11,20,22H,1-3,6-9,19H2,(H,21,24). The first-order chi connectivity index (χ1) is 11.6. The third kappa shape index (κ3) is 5.15. The zero-order valence-corrected chi connectivity index (χ0v) is 15.1. The highest BCUT2D eigenvalue weighted by molar-refractivity contribution is 9.10. The summed E-state index contributed by atoms with van der Waals surface area (Å²) in [5.41, 5.74) is 6.64. The lowest BCUT2D eigenvalue weighted by Crippen LogP contribution is -2.33. The Kier molecular flexibility index (Phi) is 7.42. The molecular formula is C17H23BrN4O2. The smallest absolute Gasteiger partial charge is 0.292 e. The zero-order valence-electron chi connectivity index (χ0n) is 13.5. The fraction of sp³-hybridized carbons (Fsp3) is 0.412. The Hall–Kier alpha value is -1.70. The van der Waals surface area contributed by atoms with E-state index in [4.69, 9.17) is 5.73 Å². The molecule has 1 amide bonds. The van der Waals surface area contributed by atoms with Crippen LogP contribution >= 0.6 is 15.9 Å². The molecule has 1 aromatic carbocycles. The maximum absolute atomic E-state index is 12.3. The van der Waals surface area contributed by atoms with E-state index in [9.17, 15) is 9.59 Å². The third-order valence-electron chi connectivity index (χ3n) is 3.72. The number of aromatic amines is 1. The Labute approximate surface area is 149 Å². The van der Waals surface area contributed by atoms with E-state index in [1.165, 1.54) is 0 Å². The number of amides is 1. The van der Waals surface area contributed by atoms with Crippen LogP contribution in [0.1, 0.15) is 29.6 Å². The average Bonchev–Trinajstić information content (AvgIpc) is 2.99. The lowest BCUT2D eigenvalue weighted by molar-refractivity contribution is -0.116. The van der Waals surface area contributed by atoms with Crippen LogP contribution in [0.5, 0.6) is 0 Å². The van der Waals surface area contributed by atoms with Crippen molar-refractivity contribution in [2.45, 2.75) is 19.3 Å². The molecular weight excluding hydrogens is 372 g/mol. The minimum absolute atomic E-state index is 0.398. The van der Waals surface area contributed by atoms with Crippen LogP contribution in [0.25, 0.3) is 10.9 Å². The molecule has 0 atom stereocenters. The summed E-state index contributed by atoms with van der Waals surface area (Å²) in [6.45, 7) is 2.92. The van der Waals surface area contributed by atoms with Crippen LogP contribution in [0.3, 0.4) is 0 Å². The highest BCUT2D eigenvalue weighted by Gasteiger charge is 2.19. The van der Waals surface area contributed by atoms with Crippen LogP contribution in [-0.2, 0) is 4.79 Å². The molecule has 2 rings (SSSR count). The lowest BCUT2D eigenvalue weighted by Gasteiger charge is -2.06. The van der Waals surface area contributed by atoms with Crippen molar-refractivity contribution in [2.75, 3.05) is 26.2 Å². The number of H-pyrrole nitrogens is 1. The first-order valence-electron chi connectivity index (χ1n) is 8.13. The van der Waals surface area contributed by atoms with Gasteiger partial charge in [-0.3, -0.25) is 9.59 Å². The fourth-order valence-electron chi connectivity index (χ4n) is 2.42. The van der Waals surface area contributed by atoms with E-state index in [2.05, 4.69) is 31.5 Å². The van der Waals surface area contributed by atoms with Gasteiger partial charge in [-0.1, -0.05) is 22.0 Å². The van der Waals surface area contributed by atoms with Crippen molar-refractivity contribution in [1.29, 1.82) is 0 Å². The van der Waals surface area contributed by atoms with Gasteiger partial charge >= 0.3 is 0 Å². The second-order valence-electron chi connectivity index (χ2n) is 5.58. The van der Waals surface area contributed by atoms with Crippen LogP contribution in [0.2, 0.25) is 0 Å². The van der Waals surface area contributed by atoms with Crippen molar-refractivity contribution in [1.82, 2.24) is 15.6 Å². The van der Waals surface area contributed by atoms with E-state index in [1.807, 2.05) is 18.2 Å². The SMILES string of the molecule is NCCCCNCCCNC(=O)C(=O)c1c[nH]c2cc(Br)ccc12. The number of nitrogens with two attached hydrogens (primary N) is 1. The van der Waals surface area contributed by atoms with Gasteiger partial charge in [0.1, 0.15) is 0 Å². The van der Waals surface area contributed by atoms with Crippen molar-refractivity contribution in [3.8, 4) is 0 Å². The van der Waals surface area contributed by atoms with E-state index >= 15 is 0 Å². The second-order valence-corrected chi connectivity index (χ2v) is 6.49. The summed E-state index contributed by atoms with van der Waals surface area (Å²) in [7, 11) is 0. The van der Waals surface area contributed by atoms with E-state index in [1.54, 1.807) is 6.20 Å². The van der Waals surface area contributed by atoms with Gasteiger partial charge in [-0.15, -0.1) is 0 Å². The van der Waals surface area contributed by atoms with Gasteiger partial charge in [-0.2, -0.15) is 0 Å².